The fraction of sp³-hybridized carbons (Fsp3) is 0.857. The number of hydrogen-bond acceptors (Lipinski definition) is 2. The fourth-order valence-electron chi connectivity index (χ4n) is 3.08. The number of carbonyl (C=O) groups excluding carboxylic acids is 2. The summed E-state index contributed by atoms with van der Waals surface area (Å²) in [5.74, 6) is -2.73. The number of amides is 2. The van der Waals surface area contributed by atoms with E-state index in [4.69, 9.17) is 0 Å². The monoisotopic (exact) mass is 306 g/mol. The number of halogens is 3. The number of piperidine rings is 2. The van der Waals surface area contributed by atoms with Crippen LogP contribution in [0.15, 0.2) is 0 Å². The summed E-state index contributed by atoms with van der Waals surface area (Å²) in [6, 6.07) is 0. The van der Waals surface area contributed by atoms with E-state index in [1.165, 1.54) is 0 Å². The number of nitrogens with zero attached hydrogens (tertiary/aromatic N) is 2. The predicted octanol–water partition coefficient (Wildman–Crippen LogP) is 2.05. The molecule has 0 bridgehead atoms. The molecule has 0 saturated carbocycles. The standard InChI is InChI=1S/C14H21F3N2O2/c1-10-4-2-6-18(8-10)12(20)9-19-7-3-5-11(13(19)21)14(15,16)17/h10-11H,2-9H2,1H3. The number of alkyl halides is 3. The van der Waals surface area contributed by atoms with Gasteiger partial charge in [0.05, 0.1) is 6.54 Å². The maximum absolute atomic E-state index is 12.8. The Morgan fingerprint density at radius 1 is 1.24 bits per heavy atom. The molecule has 2 unspecified atom stereocenters. The molecule has 0 spiro atoms. The minimum Gasteiger partial charge on any atom is -0.341 e. The highest BCUT2D eigenvalue weighted by Crippen LogP contribution is 2.34. The zero-order valence-corrected chi connectivity index (χ0v) is 12.2. The van der Waals surface area contributed by atoms with Crippen molar-refractivity contribution in [2.45, 2.75) is 38.8 Å². The van der Waals surface area contributed by atoms with Crippen LogP contribution in [0.1, 0.15) is 32.6 Å². The van der Waals surface area contributed by atoms with Gasteiger partial charge in [0.2, 0.25) is 11.8 Å². The predicted molar refractivity (Wildman–Crippen MR) is 70.3 cm³/mol. The van der Waals surface area contributed by atoms with Gasteiger partial charge in [0.25, 0.3) is 0 Å². The van der Waals surface area contributed by atoms with E-state index >= 15 is 0 Å². The van der Waals surface area contributed by atoms with Crippen LogP contribution in [0, 0.1) is 11.8 Å². The third-order valence-electron chi connectivity index (χ3n) is 4.26. The second kappa shape index (κ2) is 6.23. The third kappa shape index (κ3) is 3.89. The van der Waals surface area contributed by atoms with Crippen molar-refractivity contribution in [2.24, 2.45) is 11.8 Å². The highest BCUT2D eigenvalue weighted by molar-refractivity contribution is 5.86. The third-order valence-corrected chi connectivity index (χ3v) is 4.26. The Morgan fingerprint density at radius 2 is 1.90 bits per heavy atom. The summed E-state index contributed by atoms with van der Waals surface area (Å²) >= 11 is 0. The van der Waals surface area contributed by atoms with Crippen LogP contribution in [0.25, 0.3) is 0 Å². The highest BCUT2D eigenvalue weighted by atomic mass is 19.4. The molecule has 2 aliphatic rings. The van der Waals surface area contributed by atoms with Gasteiger partial charge in [-0.05, 0) is 31.6 Å². The van der Waals surface area contributed by atoms with Crippen LogP contribution in [0.5, 0.6) is 0 Å². The van der Waals surface area contributed by atoms with Crippen molar-refractivity contribution in [1.82, 2.24) is 9.80 Å². The van der Waals surface area contributed by atoms with Gasteiger partial charge < -0.3 is 9.80 Å². The molecule has 120 valence electrons. The first kappa shape index (κ1) is 16.1. The second-order valence-corrected chi connectivity index (χ2v) is 6.08. The van der Waals surface area contributed by atoms with Gasteiger partial charge in [0.15, 0.2) is 0 Å². The normalized spacial score (nSPS) is 27.9. The molecule has 0 aliphatic carbocycles. The first-order valence-corrected chi connectivity index (χ1v) is 7.42. The van der Waals surface area contributed by atoms with Gasteiger partial charge in [-0.15, -0.1) is 0 Å². The van der Waals surface area contributed by atoms with Crippen molar-refractivity contribution in [3.63, 3.8) is 0 Å². The first-order valence-electron chi connectivity index (χ1n) is 7.42. The Balaban J connectivity index is 1.95. The maximum Gasteiger partial charge on any atom is 0.400 e. The van der Waals surface area contributed by atoms with Crippen molar-refractivity contribution < 1.29 is 22.8 Å². The Bertz CT molecular complexity index is 412. The molecular weight excluding hydrogens is 285 g/mol. The van der Waals surface area contributed by atoms with Crippen LogP contribution in [-0.2, 0) is 9.59 Å². The zero-order chi connectivity index (χ0) is 15.6. The van der Waals surface area contributed by atoms with E-state index in [2.05, 4.69) is 0 Å². The van der Waals surface area contributed by atoms with Gasteiger partial charge in [-0.25, -0.2) is 0 Å². The molecule has 2 amide bonds. The average molecular weight is 306 g/mol. The smallest absolute Gasteiger partial charge is 0.341 e. The maximum atomic E-state index is 12.8. The summed E-state index contributed by atoms with van der Waals surface area (Å²) in [4.78, 5) is 26.8. The Morgan fingerprint density at radius 3 is 2.52 bits per heavy atom. The average Bonchev–Trinajstić information content (AvgIpc) is 2.39. The lowest BCUT2D eigenvalue weighted by atomic mass is 9.96. The minimum atomic E-state index is -4.52. The van der Waals surface area contributed by atoms with Gasteiger partial charge in [-0.2, -0.15) is 13.2 Å². The Hall–Kier alpha value is -1.27. The van der Waals surface area contributed by atoms with E-state index in [0.29, 0.717) is 25.4 Å². The lowest BCUT2D eigenvalue weighted by Crippen LogP contribution is -2.51. The van der Waals surface area contributed by atoms with Gasteiger partial charge in [-0.3, -0.25) is 9.59 Å². The van der Waals surface area contributed by atoms with E-state index < -0.39 is 18.0 Å². The zero-order valence-electron chi connectivity index (χ0n) is 12.2. The number of carbonyl (C=O) groups is 2. The molecule has 2 aliphatic heterocycles. The van der Waals surface area contributed by atoms with Crippen molar-refractivity contribution in [2.75, 3.05) is 26.2 Å². The number of hydrogen-bond donors (Lipinski definition) is 0. The molecule has 4 nitrogen and oxygen atoms in total. The van der Waals surface area contributed by atoms with Crippen molar-refractivity contribution >= 4 is 11.8 Å². The first-order chi connectivity index (χ1) is 9.79. The summed E-state index contributed by atoms with van der Waals surface area (Å²) in [6.45, 7) is 3.32. The van der Waals surface area contributed by atoms with Gasteiger partial charge in [0, 0.05) is 19.6 Å². The lowest BCUT2D eigenvalue weighted by molar-refractivity contribution is -0.195. The number of likely N-dealkylation sites (tertiary alicyclic amines) is 2. The summed E-state index contributed by atoms with van der Waals surface area (Å²) < 4.78 is 38.3. The highest BCUT2D eigenvalue weighted by Gasteiger charge is 2.48. The molecule has 21 heavy (non-hydrogen) atoms. The van der Waals surface area contributed by atoms with Crippen LogP contribution < -0.4 is 0 Å². The molecule has 0 aromatic carbocycles. The van der Waals surface area contributed by atoms with Crippen LogP contribution in [0.2, 0.25) is 0 Å². The molecule has 0 radical (unpaired) electrons. The Kier molecular flexibility index (Phi) is 4.78. The van der Waals surface area contributed by atoms with Crippen LogP contribution in [0.3, 0.4) is 0 Å². The topological polar surface area (TPSA) is 40.6 Å². The van der Waals surface area contributed by atoms with E-state index in [-0.39, 0.29) is 25.4 Å². The molecule has 0 N–H and O–H groups in total. The van der Waals surface area contributed by atoms with Crippen molar-refractivity contribution in [3.05, 3.63) is 0 Å². The van der Waals surface area contributed by atoms with Crippen LogP contribution >= 0.6 is 0 Å². The summed E-state index contributed by atoms with van der Waals surface area (Å²) in [6.07, 6.45) is -2.43. The Labute approximate surface area is 122 Å². The van der Waals surface area contributed by atoms with Crippen molar-refractivity contribution in [1.29, 1.82) is 0 Å². The molecule has 0 aromatic heterocycles. The summed E-state index contributed by atoms with van der Waals surface area (Å²) in [5, 5.41) is 0. The minimum absolute atomic E-state index is 0.173. The summed E-state index contributed by atoms with van der Waals surface area (Å²) in [7, 11) is 0. The van der Waals surface area contributed by atoms with Crippen molar-refractivity contribution in [3.8, 4) is 0 Å². The molecule has 2 heterocycles. The lowest BCUT2D eigenvalue weighted by Gasteiger charge is -2.36. The van der Waals surface area contributed by atoms with Crippen LogP contribution in [0.4, 0.5) is 13.2 Å². The van der Waals surface area contributed by atoms with E-state index in [1.54, 1.807) is 4.90 Å². The molecular formula is C14H21F3N2O2. The van der Waals surface area contributed by atoms with E-state index in [1.807, 2.05) is 6.92 Å². The van der Waals surface area contributed by atoms with Gasteiger partial charge in [0.1, 0.15) is 5.92 Å². The van der Waals surface area contributed by atoms with Gasteiger partial charge in [-0.1, -0.05) is 6.92 Å². The van der Waals surface area contributed by atoms with E-state index in [9.17, 15) is 22.8 Å². The molecule has 2 rings (SSSR count). The van der Waals surface area contributed by atoms with Crippen LogP contribution in [-0.4, -0.2) is 54.0 Å². The summed E-state index contributed by atoms with van der Waals surface area (Å²) in [5.41, 5.74) is 0. The molecule has 2 atom stereocenters. The van der Waals surface area contributed by atoms with Gasteiger partial charge >= 0.3 is 6.18 Å². The fourth-order valence-corrected chi connectivity index (χ4v) is 3.08. The molecule has 7 heteroatoms. The van der Waals surface area contributed by atoms with E-state index in [0.717, 1.165) is 17.7 Å². The second-order valence-electron chi connectivity index (χ2n) is 6.08. The quantitative estimate of drug-likeness (QED) is 0.783. The molecule has 2 saturated heterocycles. The SMILES string of the molecule is CC1CCCN(C(=O)CN2CCCC(C(F)(F)F)C2=O)C1. The number of rotatable bonds is 2. The largest absolute Gasteiger partial charge is 0.400 e. The molecule has 0 aromatic rings. The molecule has 2 fully saturated rings.